The lowest BCUT2D eigenvalue weighted by Crippen LogP contribution is -2.24. The standard InChI is InChI=1S/C16H17BrO2/c1-16(2,3)19-15(18)9-11-4-5-13-10-14(17)7-6-12(13)8-11/h4-8,10H,9H2,1-3H3. The molecule has 0 unspecified atom stereocenters. The average molecular weight is 321 g/mol. The molecule has 0 saturated carbocycles. The molecule has 0 saturated heterocycles. The lowest BCUT2D eigenvalue weighted by atomic mass is 10.1. The highest BCUT2D eigenvalue weighted by atomic mass is 79.9. The second-order valence-corrected chi connectivity index (χ2v) is 6.50. The summed E-state index contributed by atoms with van der Waals surface area (Å²) in [4.78, 5) is 11.8. The third kappa shape index (κ3) is 4.06. The first-order valence-electron chi connectivity index (χ1n) is 6.23. The predicted molar refractivity (Wildman–Crippen MR) is 81.2 cm³/mol. The van der Waals surface area contributed by atoms with E-state index in [4.69, 9.17) is 4.74 Å². The van der Waals surface area contributed by atoms with E-state index < -0.39 is 5.60 Å². The number of ether oxygens (including phenoxy) is 1. The molecule has 0 radical (unpaired) electrons. The molecule has 2 aromatic rings. The first kappa shape index (κ1) is 14.1. The van der Waals surface area contributed by atoms with Gasteiger partial charge in [-0.25, -0.2) is 0 Å². The number of carbonyl (C=O) groups excluding carboxylic acids is 1. The van der Waals surface area contributed by atoms with Gasteiger partial charge < -0.3 is 4.74 Å². The van der Waals surface area contributed by atoms with Crippen molar-refractivity contribution in [3.8, 4) is 0 Å². The Hall–Kier alpha value is -1.35. The second kappa shape index (κ2) is 5.33. The Morgan fingerprint density at radius 2 is 1.74 bits per heavy atom. The lowest BCUT2D eigenvalue weighted by Gasteiger charge is -2.19. The van der Waals surface area contributed by atoms with E-state index in [-0.39, 0.29) is 5.97 Å². The Morgan fingerprint density at radius 3 is 2.42 bits per heavy atom. The van der Waals surface area contributed by atoms with Crippen molar-refractivity contribution in [1.29, 1.82) is 0 Å². The molecule has 0 amide bonds. The molecule has 3 heteroatoms. The fourth-order valence-electron chi connectivity index (χ4n) is 1.92. The third-order valence-corrected chi connectivity index (χ3v) is 3.13. The van der Waals surface area contributed by atoms with Crippen LogP contribution in [0.15, 0.2) is 40.9 Å². The van der Waals surface area contributed by atoms with E-state index in [2.05, 4.69) is 22.0 Å². The van der Waals surface area contributed by atoms with Gasteiger partial charge in [-0.2, -0.15) is 0 Å². The van der Waals surface area contributed by atoms with Crippen LogP contribution in [-0.4, -0.2) is 11.6 Å². The van der Waals surface area contributed by atoms with Crippen molar-refractivity contribution in [3.05, 3.63) is 46.4 Å². The van der Waals surface area contributed by atoms with Gasteiger partial charge in [0.15, 0.2) is 0 Å². The van der Waals surface area contributed by atoms with Gasteiger partial charge >= 0.3 is 5.97 Å². The molecule has 19 heavy (non-hydrogen) atoms. The van der Waals surface area contributed by atoms with Crippen LogP contribution < -0.4 is 0 Å². The van der Waals surface area contributed by atoms with Gasteiger partial charge in [0.1, 0.15) is 5.60 Å². The molecule has 0 spiro atoms. The summed E-state index contributed by atoms with van der Waals surface area (Å²) in [7, 11) is 0. The van der Waals surface area contributed by atoms with Gasteiger partial charge in [0.05, 0.1) is 6.42 Å². The first-order valence-corrected chi connectivity index (χ1v) is 7.03. The van der Waals surface area contributed by atoms with Crippen LogP contribution in [0.25, 0.3) is 10.8 Å². The number of carbonyl (C=O) groups is 1. The van der Waals surface area contributed by atoms with E-state index in [0.717, 1.165) is 20.8 Å². The van der Waals surface area contributed by atoms with Gasteiger partial charge in [0.2, 0.25) is 0 Å². The molecule has 0 atom stereocenters. The minimum atomic E-state index is -0.432. The minimum absolute atomic E-state index is 0.191. The van der Waals surface area contributed by atoms with Crippen LogP contribution in [0.4, 0.5) is 0 Å². The molecule has 2 rings (SSSR count). The van der Waals surface area contributed by atoms with Gasteiger partial charge in [-0.3, -0.25) is 4.79 Å². The maximum absolute atomic E-state index is 11.8. The molecule has 0 bridgehead atoms. The third-order valence-electron chi connectivity index (χ3n) is 2.64. The first-order chi connectivity index (χ1) is 8.83. The molecule has 0 aliphatic heterocycles. The van der Waals surface area contributed by atoms with E-state index >= 15 is 0 Å². The maximum Gasteiger partial charge on any atom is 0.310 e. The van der Waals surface area contributed by atoms with E-state index in [0.29, 0.717) is 6.42 Å². The summed E-state index contributed by atoms with van der Waals surface area (Å²) < 4.78 is 6.38. The minimum Gasteiger partial charge on any atom is -0.460 e. The van der Waals surface area contributed by atoms with Gasteiger partial charge in [0.25, 0.3) is 0 Å². The van der Waals surface area contributed by atoms with Crippen molar-refractivity contribution in [3.63, 3.8) is 0 Å². The molecule has 0 heterocycles. The SMILES string of the molecule is CC(C)(C)OC(=O)Cc1ccc2cc(Br)ccc2c1. The zero-order valence-electron chi connectivity index (χ0n) is 11.4. The van der Waals surface area contributed by atoms with Crippen LogP contribution in [0.1, 0.15) is 26.3 Å². The normalized spacial score (nSPS) is 11.6. The molecule has 0 aromatic heterocycles. The summed E-state index contributed by atoms with van der Waals surface area (Å²) in [6.07, 6.45) is 0.309. The van der Waals surface area contributed by atoms with Crippen molar-refractivity contribution >= 4 is 32.7 Å². The van der Waals surface area contributed by atoms with Crippen LogP contribution in [0.2, 0.25) is 0 Å². The zero-order valence-corrected chi connectivity index (χ0v) is 13.0. The van der Waals surface area contributed by atoms with Crippen LogP contribution >= 0.6 is 15.9 Å². The number of rotatable bonds is 2. The fourth-order valence-corrected chi connectivity index (χ4v) is 2.30. The number of halogens is 1. The molecular weight excluding hydrogens is 304 g/mol. The summed E-state index contributed by atoms with van der Waals surface area (Å²) in [5.41, 5.74) is 0.544. The van der Waals surface area contributed by atoms with Gasteiger partial charge in [0, 0.05) is 4.47 Å². The lowest BCUT2D eigenvalue weighted by molar-refractivity contribution is -0.153. The molecule has 2 nitrogen and oxygen atoms in total. The van der Waals surface area contributed by atoms with Crippen LogP contribution in [0.3, 0.4) is 0 Å². The number of benzene rings is 2. The Morgan fingerprint density at radius 1 is 1.11 bits per heavy atom. The summed E-state index contributed by atoms with van der Waals surface area (Å²) >= 11 is 3.45. The Kier molecular flexibility index (Phi) is 3.95. The number of fused-ring (bicyclic) bond motifs is 1. The molecule has 0 aliphatic carbocycles. The van der Waals surface area contributed by atoms with Crippen molar-refractivity contribution in [1.82, 2.24) is 0 Å². The average Bonchev–Trinajstić information content (AvgIpc) is 2.26. The highest BCUT2D eigenvalue weighted by Crippen LogP contribution is 2.21. The molecule has 0 N–H and O–H groups in total. The smallest absolute Gasteiger partial charge is 0.310 e. The largest absolute Gasteiger partial charge is 0.460 e. The van der Waals surface area contributed by atoms with Crippen LogP contribution in [-0.2, 0) is 16.0 Å². The van der Waals surface area contributed by atoms with E-state index in [1.807, 2.05) is 51.1 Å². The Balaban J connectivity index is 2.18. The fraction of sp³-hybridized carbons (Fsp3) is 0.312. The molecule has 2 aromatic carbocycles. The van der Waals surface area contributed by atoms with Crippen molar-refractivity contribution in [2.75, 3.05) is 0 Å². The Bertz CT molecular complexity index is 612. The van der Waals surface area contributed by atoms with Crippen molar-refractivity contribution in [2.45, 2.75) is 32.8 Å². The molecular formula is C16H17BrO2. The van der Waals surface area contributed by atoms with Gasteiger partial charge in [-0.05, 0) is 49.2 Å². The van der Waals surface area contributed by atoms with E-state index in [1.165, 1.54) is 0 Å². The quantitative estimate of drug-likeness (QED) is 0.762. The number of esters is 1. The predicted octanol–water partition coefficient (Wildman–Crippen LogP) is 4.49. The summed E-state index contributed by atoms with van der Waals surface area (Å²) in [5.74, 6) is -0.191. The molecule has 100 valence electrons. The monoisotopic (exact) mass is 320 g/mol. The van der Waals surface area contributed by atoms with Gasteiger partial charge in [-0.15, -0.1) is 0 Å². The number of hydrogen-bond acceptors (Lipinski definition) is 2. The highest BCUT2D eigenvalue weighted by Gasteiger charge is 2.16. The summed E-state index contributed by atoms with van der Waals surface area (Å²) in [6, 6.07) is 12.1. The molecule has 0 fully saturated rings. The second-order valence-electron chi connectivity index (χ2n) is 5.59. The van der Waals surface area contributed by atoms with Crippen molar-refractivity contribution in [2.24, 2.45) is 0 Å². The highest BCUT2D eigenvalue weighted by molar-refractivity contribution is 9.10. The summed E-state index contributed by atoms with van der Waals surface area (Å²) in [6.45, 7) is 5.63. The van der Waals surface area contributed by atoms with Crippen molar-refractivity contribution < 1.29 is 9.53 Å². The Labute approximate surface area is 121 Å². The molecule has 0 aliphatic rings. The van der Waals surface area contributed by atoms with E-state index in [1.54, 1.807) is 0 Å². The van der Waals surface area contributed by atoms with Crippen LogP contribution in [0, 0.1) is 0 Å². The zero-order chi connectivity index (χ0) is 14.0. The maximum atomic E-state index is 11.8. The van der Waals surface area contributed by atoms with Crippen LogP contribution in [0.5, 0.6) is 0 Å². The van der Waals surface area contributed by atoms with Gasteiger partial charge in [-0.1, -0.05) is 40.2 Å². The number of hydrogen-bond donors (Lipinski definition) is 0. The summed E-state index contributed by atoms with van der Waals surface area (Å²) in [5, 5.41) is 2.28. The van der Waals surface area contributed by atoms with E-state index in [9.17, 15) is 4.79 Å². The topological polar surface area (TPSA) is 26.3 Å².